The van der Waals surface area contributed by atoms with Gasteiger partial charge in [-0.3, -0.25) is 62.3 Å². The van der Waals surface area contributed by atoms with Gasteiger partial charge in [-0.05, 0) is 26.7 Å². The summed E-state index contributed by atoms with van der Waals surface area (Å²) in [6.45, 7) is -1.41. The number of aliphatic carboxylic acids is 1. The van der Waals surface area contributed by atoms with E-state index in [1.54, 1.807) is 0 Å². The smallest absolute Gasteiger partial charge is 0.322 e. The normalized spacial score (nSPS) is 17.1. The predicted molar refractivity (Wildman–Crippen MR) is 237 cm³/mol. The highest BCUT2D eigenvalue weighted by molar-refractivity contribution is 7.80. The molecule has 10 atom stereocenters. The molecule has 12 amide bonds. The first-order chi connectivity index (χ1) is 31.8. The van der Waals surface area contributed by atoms with Crippen LogP contribution in [0.3, 0.4) is 0 Å². The number of hydrogen-bond donors (Lipinski definition) is 18. The lowest BCUT2D eigenvalue weighted by atomic mass is 10.1. The van der Waals surface area contributed by atoms with Crippen molar-refractivity contribution in [1.82, 2.24) is 52.8 Å². The van der Waals surface area contributed by atoms with Crippen molar-refractivity contribution in [2.75, 3.05) is 44.4 Å². The zero-order valence-corrected chi connectivity index (χ0v) is 38.5. The number of aliphatic hydroxyl groups excluding tert-OH is 3. The number of carbonyl (C=O) groups excluding carboxylic acids is 12. The Balaban J connectivity index is 3.04. The molecule has 0 aromatic carbocycles. The molecule has 1 saturated heterocycles. The Hall–Kier alpha value is -6.35. The molecule has 0 radical (unpaired) electrons. The summed E-state index contributed by atoms with van der Waals surface area (Å²) in [7, 11) is 0. The van der Waals surface area contributed by atoms with Crippen LogP contribution in [0.15, 0.2) is 0 Å². The van der Waals surface area contributed by atoms with Gasteiger partial charge >= 0.3 is 5.97 Å². The molecule has 1 heterocycles. The highest BCUT2D eigenvalue weighted by atomic mass is 32.1. The van der Waals surface area contributed by atoms with Crippen LogP contribution in [0.1, 0.15) is 39.5 Å². The van der Waals surface area contributed by atoms with Crippen LogP contribution in [0.5, 0.6) is 0 Å². The van der Waals surface area contributed by atoms with Crippen molar-refractivity contribution in [3.05, 3.63) is 0 Å². The summed E-state index contributed by atoms with van der Waals surface area (Å²) < 4.78 is 0. The number of nitrogens with one attached hydrogen (secondary N) is 9. The minimum absolute atomic E-state index is 0.000626. The Kier molecular flexibility index (Phi) is 25.8. The van der Waals surface area contributed by atoms with Crippen LogP contribution in [0.2, 0.25) is 0 Å². The fourth-order valence-corrected chi connectivity index (χ4v) is 6.37. The van der Waals surface area contributed by atoms with Gasteiger partial charge in [-0.1, -0.05) is 0 Å². The van der Waals surface area contributed by atoms with Crippen LogP contribution in [-0.4, -0.2) is 207 Å². The quantitative estimate of drug-likeness (QED) is 0.0309. The average molecular weight is 1010 g/mol. The maximum atomic E-state index is 13.4. The van der Waals surface area contributed by atoms with Crippen LogP contribution in [0, 0.1) is 0 Å². The number of primary amides is 2. The number of carbonyl (C=O) groups is 13. The Bertz CT molecular complexity index is 1900. The molecular weight excluding hydrogens is 951 g/mol. The van der Waals surface area contributed by atoms with E-state index in [2.05, 4.69) is 57.2 Å². The summed E-state index contributed by atoms with van der Waals surface area (Å²) >= 11 is 7.90. The summed E-state index contributed by atoms with van der Waals surface area (Å²) in [4.78, 5) is 165. The lowest BCUT2D eigenvalue weighted by Crippen LogP contribution is -2.62. The topological polar surface area (TPSA) is 492 Å². The number of amides is 12. The molecule has 0 bridgehead atoms. The van der Waals surface area contributed by atoms with E-state index in [0.717, 1.165) is 13.8 Å². The molecule has 1 aliphatic heterocycles. The summed E-state index contributed by atoms with van der Waals surface area (Å²) in [5.41, 5.74) is 16.3. The van der Waals surface area contributed by atoms with E-state index in [1.807, 2.05) is 16.0 Å². The molecule has 0 spiro atoms. The lowest BCUT2D eigenvalue weighted by Gasteiger charge is -2.28. The maximum Gasteiger partial charge on any atom is 0.322 e. The molecule has 0 saturated carbocycles. The van der Waals surface area contributed by atoms with Gasteiger partial charge in [-0.15, -0.1) is 0 Å². The van der Waals surface area contributed by atoms with Crippen LogP contribution in [-0.2, 0) is 62.3 Å². The van der Waals surface area contributed by atoms with Gasteiger partial charge in [0, 0.05) is 18.1 Å². The molecule has 30 nitrogen and oxygen atoms in total. The minimum Gasteiger partial charge on any atom is -0.480 e. The summed E-state index contributed by atoms with van der Waals surface area (Å²) in [5, 5.41) is 57.8. The molecule has 1 fully saturated rings. The largest absolute Gasteiger partial charge is 0.480 e. The van der Waals surface area contributed by atoms with Crippen molar-refractivity contribution in [2.45, 2.75) is 100 Å². The highest BCUT2D eigenvalue weighted by Gasteiger charge is 2.38. The zero-order chi connectivity index (χ0) is 52.0. The molecule has 0 unspecified atom stereocenters. The van der Waals surface area contributed by atoms with E-state index in [0.29, 0.717) is 6.42 Å². The van der Waals surface area contributed by atoms with Crippen molar-refractivity contribution >= 4 is 102 Å². The standard InChI is InChI=1S/C36H59N13O17S2/c1-14(42-32(62)19(10-50)47-34(64)22-4-3-5-49(22)36(66)16(37)12-67)28(58)44-17(6-23(38)53)30(60)45-18(7-24(39)54)31(61)46-20(11-51)33(63)48-27(15(2)52)35(65)40-8-25(55)43-21(13-68)29(59)41-9-26(56)57/h14-22,27,50-52,67-68H,3-13,37H2,1-2H3,(H2,38,53)(H2,39,54)(H,40,65)(H,41,59)(H,42,62)(H,43,55)(H,44,58)(H,45,60)(H,46,61)(H,47,64)(H,48,63)(H,56,57)/t14-,15+,16-,17-,18-,19-,20-,21-,22-,27-/m0/s1. The lowest BCUT2D eigenvalue weighted by molar-refractivity contribution is -0.140. The second-order valence-corrected chi connectivity index (χ2v) is 15.7. The average Bonchev–Trinajstić information content (AvgIpc) is 3.77. The molecule has 0 aromatic heterocycles. The first kappa shape index (κ1) is 59.7. The van der Waals surface area contributed by atoms with E-state index in [-0.39, 0.29) is 24.5 Å². The molecule has 1 aliphatic rings. The van der Waals surface area contributed by atoms with E-state index in [4.69, 9.17) is 22.3 Å². The molecule has 382 valence electrons. The first-order valence-corrected chi connectivity index (χ1v) is 21.7. The van der Waals surface area contributed by atoms with Crippen LogP contribution in [0.25, 0.3) is 0 Å². The Morgan fingerprint density at radius 2 is 1.10 bits per heavy atom. The van der Waals surface area contributed by atoms with Gasteiger partial charge in [-0.2, -0.15) is 25.3 Å². The fourth-order valence-electron chi connectivity index (χ4n) is 5.95. The van der Waals surface area contributed by atoms with Gasteiger partial charge in [0.05, 0.1) is 44.7 Å². The maximum absolute atomic E-state index is 13.4. The fraction of sp³-hybridized carbons (Fsp3) is 0.639. The summed E-state index contributed by atoms with van der Waals surface area (Å²) in [5.74, 6) is -14.7. The van der Waals surface area contributed by atoms with E-state index in [9.17, 15) is 77.6 Å². The molecule has 0 aromatic rings. The molecular formula is C36H59N13O17S2. The summed E-state index contributed by atoms with van der Waals surface area (Å²) in [6, 6.07) is -14.3. The third kappa shape index (κ3) is 19.9. The Labute approximate surface area is 398 Å². The number of nitrogens with two attached hydrogens (primary N) is 3. The Morgan fingerprint density at radius 3 is 1.59 bits per heavy atom. The third-order valence-electron chi connectivity index (χ3n) is 9.55. The molecule has 68 heavy (non-hydrogen) atoms. The van der Waals surface area contributed by atoms with E-state index >= 15 is 0 Å². The van der Waals surface area contributed by atoms with Crippen molar-refractivity contribution in [2.24, 2.45) is 17.2 Å². The number of likely N-dealkylation sites (tertiary alicyclic amines) is 1. The van der Waals surface area contributed by atoms with Gasteiger partial charge in [0.15, 0.2) is 0 Å². The second-order valence-electron chi connectivity index (χ2n) is 15.0. The minimum atomic E-state index is -1.98. The SMILES string of the molecule is C[C@H](NC(=O)[C@H](CO)NC(=O)[C@@H]1CCCN1C(=O)[C@@H](N)CS)C(=O)N[C@@H](CC(N)=O)C(=O)N[C@@H](CC(N)=O)C(=O)N[C@@H](CO)C(=O)N[C@H](C(=O)NCC(=O)N[C@@H](CS)C(=O)NCC(=O)O)[C@@H](C)O. The van der Waals surface area contributed by atoms with E-state index < -0.39 is 176 Å². The van der Waals surface area contributed by atoms with E-state index in [1.165, 1.54) is 4.90 Å². The van der Waals surface area contributed by atoms with Crippen molar-refractivity contribution in [3.63, 3.8) is 0 Å². The van der Waals surface area contributed by atoms with Crippen LogP contribution < -0.4 is 65.1 Å². The van der Waals surface area contributed by atoms with Crippen LogP contribution >= 0.6 is 25.3 Å². The molecule has 19 N–H and O–H groups in total. The van der Waals surface area contributed by atoms with Gasteiger partial charge in [0.25, 0.3) is 0 Å². The highest BCUT2D eigenvalue weighted by Crippen LogP contribution is 2.19. The van der Waals surface area contributed by atoms with Crippen molar-refractivity contribution in [3.8, 4) is 0 Å². The van der Waals surface area contributed by atoms with Crippen molar-refractivity contribution < 1.29 is 82.8 Å². The molecule has 1 rings (SSSR count). The number of rotatable bonds is 29. The Morgan fingerprint density at radius 1 is 0.618 bits per heavy atom. The van der Waals surface area contributed by atoms with Gasteiger partial charge in [0.2, 0.25) is 70.9 Å². The van der Waals surface area contributed by atoms with Gasteiger partial charge in [0.1, 0.15) is 54.9 Å². The number of aliphatic hydroxyl groups is 3. The van der Waals surface area contributed by atoms with Crippen LogP contribution in [0.4, 0.5) is 0 Å². The van der Waals surface area contributed by atoms with Gasteiger partial charge in [-0.25, -0.2) is 0 Å². The molecule has 0 aliphatic carbocycles. The summed E-state index contributed by atoms with van der Waals surface area (Å²) in [6.07, 6.45) is -2.95. The number of nitrogens with zero attached hydrogens (tertiary/aromatic N) is 1. The number of carboxylic acids is 1. The van der Waals surface area contributed by atoms with Crippen molar-refractivity contribution in [1.29, 1.82) is 0 Å². The molecule has 32 heteroatoms. The second kappa shape index (κ2) is 29.4. The number of thiol groups is 2. The zero-order valence-electron chi connectivity index (χ0n) is 36.7. The monoisotopic (exact) mass is 1010 g/mol. The number of carboxylic acid groups (broad SMARTS) is 1. The predicted octanol–water partition coefficient (Wildman–Crippen LogP) is -11.0. The first-order valence-electron chi connectivity index (χ1n) is 20.4. The number of hydrogen-bond acceptors (Lipinski definition) is 19. The third-order valence-corrected chi connectivity index (χ3v) is 10.3. The van der Waals surface area contributed by atoms with Gasteiger partial charge < -0.3 is 90.4 Å².